The van der Waals surface area contributed by atoms with Crippen LogP contribution in [-0.4, -0.2) is 59.2 Å². The van der Waals surface area contributed by atoms with E-state index in [1.807, 2.05) is 40.9 Å². The van der Waals surface area contributed by atoms with E-state index in [2.05, 4.69) is 27.5 Å². The first-order chi connectivity index (χ1) is 13.6. The number of amides is 1. The van der Waals surface area contributed by atoms with Crippen molar-refractivity contribution in [3.8, 4) is 5.75 Å². The van der Waals surface area contributed by atoms with Crippen molar-refractivity contribution < 1.29 is 9.53 Å². The average molecular weight is 379 g/mol. The standard InChI is InChI=1S/C21H25N5O2/c1-25-11-9-16(13-25)20-24-23-19-7-6-17(14-26(19)20)21(27)22-10-8-15-4-3-5-18(12-15)28-2/h3-7,12,14,16H,8-11,13H2,1-2H3,(H,22,27). The van der Waals surface area contributed by atoms with Gasteiger partial charge in [0, 0.05) is 25.2 Å². The molecule has 0 radical (unpaired) electrons. The number of carbonyl (C=O) groups excluding carboxylic acids is 1. The van der Waals surface area contributed by atoms with Crippen molar-refractivity contribution in [3.63, 3.8) is 0 Å². The number of hydrogen-bond acceptors (Lipinski definition) is 5. The summed E-state index contributed by atoms with van der Waals surface area (Å²) in [7, 11) is 3.77. The molecule has 3 aromatic rings. The summed E-state index contributed by atoms with van der Waals surface area (Å²) in [5.41, 5.74) is 2.52. The van der Waals surface area contributed by atoms with Gasteiger partial charge in [0.05, 0.1) is 12.7 Å². The van der Waals surface area contributed by atoms with Crippen LogP contribution < -0.4 is 10.1 Å². The molecule has 0 bridgehead atoms. The van der Waals surface area contributed by atoms with Crippen LogP contribution in [0.1, 0.15) is 34.1 Å². The van der Waals surface area contributed by atoms with E-state index in [0.717, 1.165) is 48.7 Å². The van der Waals surface area contributed by atoms with Gasteiger partial charge in [0.15, 0.2) is 5.65 Å². The van der Waals surface area contributed by atoms with E-state index >= 15 is 0 Å². The Hall–Kier alpha value is -2.93. The molecule has 7 heteroatoms. The Labute approximate surface area is 164 Å². The van der Waals surface area contributed by atoms with Crippen LogP contribution in [-0.2, 0) is 6.42 Å². The Kier molecular flexibility index (Phi) is 5.25. The number of nitrogens with one attached hydrogen (secondary N) is 1. The van der Waals surface area contributed by atoms with E-state index in [0.29, 0.717) is 18.0 Å². The van der Waals surface area contributed by atoms with Gasteiger partial charge in [-0.15, -0.1) is 10.2 Å². The fraction of sp³-hybridized carbons (Fsp3) is 0.381. The largest absolute Gasteiger partial charge is 0.497 e. The van der Waals surface area contributed by atoms with Gasteiger partial charge in [0.2, 0.25) is 0 Å². The maximum atomic E-state index is 12.6. The molecule has 1 amide bonds. The lowest BCUT2D eigenvalue weighted by atomic mass is 10.1. The number of nitrogens with zero attached hydrogens (tertiary/aromatic N) is 4. The predicted octanol–water partition coefficient (Wildman–Crippen LogP) is 2.13. The molecule has 7 nitrogen and oxygen atoms in total. The number of methoxy groups -OCH3 is 1. The molecule has 1 aliphatic rings. The highest BCUT2D eigenvalue weighted by atomic mass is 16.5. The second kappa shape index (κ2) is 7.98. The van der Waals surface area contributed by atoms with Crippen molar-refractivity contribution in [1.82, 2.24) is 24.8 Å². The quantitative estimate of drug-likeness (QED) is 0.710. The molecule has 1 aliphatic heterocycles. The minimum absolute atomic E-state index is 0.0898. The Bertz CT molecular complexity index is 984. The van der Waals surface area contributed by atoms with Gasteiger partial charge >= 0.3 is 0 Å². The molecule has 28 heavy (non-hydrogen) atoms. The number of rotatable bonds is 6. The molecule has 1 N–H and O–H groups in total. The van der Waals surface area contributed by atoms with Crippen LogP contribution in [0.25, 0.3) is 5.65 Å². The molecule has 2 aromatic heterocycles. The Morgan fingerprint density at radius 1 is 1.29 bits per heavy atom. The molecule has 1 atom stereocenters. The van der Waals surface area contributed by atoms with Gasteiger partial charge in [-0.1, -0.05) is 12.1 Å². The van der Waals surface area contributed by atoms with Crippen LogP contribution in [0, 0.1) is 0 Å². The maximum absolute atomic E-state index is 12.6. The number of benzene rings is 1. The van der Waals surface area contributed by atoms with E-state index in [1.54, 1.807) is 13.2 Å². The summed E-state index contributed by atoms with van der Waals surface area (Å²) >= 11 is 0. The molecule has 3 heterocycles. The number of hydrogen-bond donors (Lipinski definition) is 1. The van der Waals surface area contributed by atoms with Crippen LogP contribution in [0.2, 0.25) is 0 Å². The van der Waals surface area contributed by atoms with Crippen LogP contribution in [0.15, 0.2) is 42.6 Å². The van der Waals surface area contributed by atoms with Gasteiger partial charge in [-0.25, -0.2) is 0 Å². The summed E-state index contributed by atoms with van der Waals surface area (Å²) in [6, 6.07) is 11.5. The minimum atomic E-state index is -0.0898. The number of carbonyl (C=O) groups is 1. The zero-order chi connectivity index (χ0) is 19.5. The number of aromatic nitrogens is 3. The number of fused-ring (bicyclic) bond motifs is 1. The zero-order valence-electron chi connectivity index (χ0n) is 16.3. The van der Waals surface area contributed by atoms with Crippen LogP contribution >= 0.6 is 0 Å². The summed E-state index contributed by atoms with van der Waals surface area (Å²) < 4.78 is 7.20. The molecule has 1 aromatic carbocycles. The van der Waals surface area contributed by atoms with Gasteiger partial charge in [-0.3, -0.25) is 9.20 Å². The average Bonchev–Trinajstić information content (AvgIpc) is 3.33. The van der Waals surface area contributed by atoms with E-state index in [4.69, 9.17) is 4.74 Å². The predicted molar refractivity (Wildman–Crippen MR) is 107 cm³/mol. The third-order valence-electron chi connectivity index (χ3n) is 5.28. The molecule has 1 unspecified atom stereocenters. The highest BCUT2D eigenvalue weighted by Crippen LogP contribution is 2.25. The second-order valence-electron chi connectivity index (χ2n) is 7.31. The first-order valence-corrected chi connectivity index (χ1v) is 9.58. The maximum Gasteiger partial charge on any atom is 0.252 e. The van der Waals surface area contributed by atoms with Crippen molar-refractivity contribution in [2.45, 2.75) is 18.8 Å². The molecule has 1 saturated heterocycles. The lowest BCUT2D eigenvalue weighted by Crippen LogP contribution is -2.26. The lowest BCUT2D eigenvalue weighted by molar-refractivity contribution is 0.0953. The SMILES string of the molecule is COc1cccc(CCNC(=O)c2ccc3nnc(C4CCN(C)C4)n3c2)c1. The number of pyridine rings is 1. The van der Waals surface area contributed by atoms with E-state index in [-0.39, 0.29) is 5.91 Å². The third-order valence-corrected chi connectivity index (χ3v) is 5.28. The number of likely N-dealkylation sites (N-methyl/N-ethyl adjacent to an activating group) is 1. The van der Waals surface area contributed by atoms with Crippen molar-refractivity contribution >= 4 is 11.6 Å². The highest BCUT2D eigenvalue weighted by Gasteiger charge is 2.25. The van der Waals surface area contributed by atoms with Crippen molar-refractivity contribution in [2.24, 2.45) is 0 Å². The van der Waals surface area contributed by atoms with Crippen molar-refractivity contribution in [3.05, 3.63) is 59.5 Å². The monoisotopic (exact) mass is 379 g/mol. The van der Waals surface area contributed by atoms with Gasteiger partial charge < -0.3 is 15.0 Å². The number of ether oxygens (including phenoxy) is 1. The topological polar surface area (TPSA) is 71.8 Å². The highest BCUT2D eigenvalue weighted by molar-refractivity contribution is 5.94. The summed E-state index contributed by atoms with van der Waals surface area (Å²) in [6.45, 7) is 2.59. The Morgan fingerprint density at radius 2 is 2.18 bits per heavy atom. The third kappa shape index (κ3) is 3.84. The van der Waals surface area contributed by atoms with E-state index < -0.39 is 0 Å². The lowest BCUT2D eigenvalue weighted by Gasteiger charge is -2.10. The van der Waals surface area contributed by atoms with Gasteiger partial charge in [-0.05, 0) is 56.3 Å². The number of likely N-dealkylation sites (tertiary alicyclic amines) is 1. The summed E-state index contributed by atoms with van der Waals surface area (Å²) in [5, 5.41) is 11.6. The first kappa shape index (κ1) is 18.4. The van der Waals surface area contributed by atoms with Gasteiger partial charge in [0.1, 0.15) is 11.6 Å². The first-order valence-electron chi connectivity index (χ1n) is 9.58. The fourth-order valence-electron chi connectivity index (χ4n) is 3.72. The van der Waals surface area contributed by atoms with Gasteiger partial charge in [0.25, 0.3) is 5.91 Å². The van der Waals surface area contributed by atoms with Crippen molar-refractivity contribution in [1.29, 1.82) is 0 Å². The van der Waals surface area contributed by atoms with Gasteiger partial charge in [-0.2, -0.15) is 0 Å². The molecule has 0 saturated carbocycles. The smallest absolute Gasteiger partial charge is 0.252 e. The zero-order valence-corrected chi connectivity index (χ0v) is 16.3. The Morgan fingerprint density at radius 3 is 2.96 bits per heavy atom. The molecule has 146 valence electrons. The van der Waals surface area contributed by atoms with Crippen LogP contribution in [0.4, 0.5) is 0 Å². The van der Waals surface area contributed by atoms with E-state index in [1.165, 1.54) is 0 Å². The second-order valence-corrected chi connectivity index (χ2v) is 7.31. The molecule has 0 spiro atoms. The Balaban J connectivity index is 1.43. The summed E-state index contributed by atoms with van der Waals surface area (Å²) in [6.07, 6.45) is 3.66. The molecule has 4 rings (SSSR count). The summed E-state index contributed by atoms with van der Waals surface area (Å²) in [5.74, 6) is 2.02. The molecule has 0 aliphatic carbocycles. The minimum Gasteiger partial charge on any atom is -0.497 e. The summed E-state index contributed by atoms with van der Waals surface area (Å²) in [4.78, 5) is 14.9. The van der Waals surface area contributed by atoms with Crippen LogP contribution in [0.5, 0.6) is 5.75 Å². The normalized spacial score (nSPS) is 17.1. The molecular weight excluding hydrogens is 354 g/mol. The molecular formula is C21H25N5O2. The fourth-order valence-corrected chi connectivity index (χ4v) is 3.72. The van der Waals surface area contributed by atoms with Crippen molar-refractivity contribution in [2.75, 3.05) is 33.8 Å². The van der Waals surface area contributed by atoms with Crippen LogP contribution in [0.3, 0.4) is 0 Å². The molecule has 1 fully saturated rings. The van der Waals surface area contributed by atoms with E-state index in [9.17, 15) is 4.79 Å².